The number of rotatable bonds is 10. The smallest absolute Gasteiger partial charge is 0.335 e. The van der Waals surface area contributed by atoms with Gasteiger partial charge in [-0.3, -0.25) is 0 Å². The van der Waals surface area contributed by atoms with Crippen LogP contribution in [0, 0.1) is 0 Å². The van der Waals surface area contributed by atoms with Crippen LogP contribution in [0.1, 0.15) is 51.4 Å². The highest BCUT2D eigenvalue weighted by Gasteiger charge is 2.36. The molecule has 8 atom stereocenters. The van der Waals surface area contributed by atoms with Crippen LogP contribution in [0.15, 0.2) is 0 Å². The number of hydrogen-bond donors (Lipinski definition) is 4. The fourth-order valence-corrected chi connectivity index (χ4v) is 4.58. The van der Waals surface area contributed by atoms with Crippen molar-refractivity contribution in [1.29, 1.82) is 0 Å². The van der Waals surface area contributed by atoms with Gasteiger partial charge in [-0.05, 0) is 51.4 Å². The van der Waals surface area contributed by atoms with E-state index in [-0.39, 0.29) is 38.6 Å². The van der Waals surface area contributed by atoms with Crippen molar-refractivity contribution >= 4 is 23.9 Å². The number of aliphatic carboxylic acids is 2. The van der Waals surface area contributed by atoms with Crippen molar-refractivity contribution in [2.75, 3.05) is 26.4 Å². The Labute approximate surface area is 219 Å². The molecule has 4 rings (SSSR count). The zero-order valence-electron chi connectivity index (χ0n) is 21.0. The molecule has 0 bridgehead atoms. The van der Waals surface area contributed by atoms with Crippen molar-refractivity contribution < 1.29 is 68.0 Å². The molecule has 0 aromatic heterocycles. The summed E-state index contributed by atoms with van der Waals surface area (Å²) in [7, 11) is 0. The lowest BCUT2D eigenvalue weighted by Crippen LogP contribution is -2.30. The van der Waals surface area contributed by atoms with E-state index in [1.165, 1.54) is 0 Å². The second kappa shape index (κ2) is 14.7. The SMILES string of the molecule is O=C(O)C1CCC(CO)O1.O=C(O)C1CCC(COC(=O)C2CCC(COC(=O)C3CCC(CO)O3)O2)O1. The van der Waals surface area contributed by atoms with E-state index in [4.69, 9.17) is 48.8 Å². The topological polar surface area (TPSA) is 205 Å². The van der Waals surface area contributed by atoms with Crippen molar-refractivity contribution in [2.24, 2.45) is 0 Å². The second-order valence-electron chi connectivity index (χ2n) is 9.60. The molecule has 0 spiro atoms. The Balaban J connectivity index is 0.000000336. The van der Waals surface area contributed by atoms with Gasteiger partial charge in [0.15, 0.2) is 24.4 Å². The maximum Gasteiger partial charge on any atom is 0.335 e. The highest BCUT2D eigenvalue weighted by atomic mass is 16.6. The zero-order valence-corrected chi connectivity index (χ0v) is 21.0. The molecule has 4 saturated heterocycles. The molecular weight excluding hydrogens is 512 g/mol. The van der Waals surface area contributed by atoms with Gasteiger partial charge >= 0.3 is 23.9 Å². The van der Waals surface area contributed by atoms with E-state index in [1.54, 1.807) is 0 Å². The number of carbonyl (C=O) groups is 4. The normalized spacial score (nSPS) is 34.4. The van der Waals surface area contributed by atoms with Crippen LogP contribution < -0.4 is 0 Å². The zero-order chi connectivity index (χ0) is 27.7. The number of aliphatic hydroxyl groups is 2. The van der Waals surface area contributed by atoms with E-state index in [2.05, 4.69) is 0 Å². The highest BCUT2D eigenvalue weighted by molar-refractivity contribution is 5.76. The van der Waals surface area contributed by atoms with Crippen LogP contribution in [0.25, 0.3) is 0 Å². The van der Waals surface area contributed by atoms with E-state index in [0.29, 0.717) is 51.4 Å². The average Bonchev–Trinajstić information content (AvgIpc) is 3.72. The lowest BCUT2D eigenvalue weighted by Gasteiger charge is -2.16. The van der Waals surface area contributed by atoms with Gasteiger partial charge in [-0.2, -0.15) is 0 Å². The standard InChI is InChI=1S/C18H26O10.C6H10O4/c19-7-10-1-5-14(26-10)17(22)25-9-12-3-6-15(28-12)18(23)24-8-11-2-4-13(27-11)16(20)21;7-3-4-1-2-5(10-4)6(8)9/h10-15,19H,1-9H2,(H,20,21);4-5,7H,1-3H2,(H,8,9). The number of hydrogen-bond acceptors (Lipinski definition) is 12. The van der Waals surface area contributed by atoms with E-state index in [0.717, 1.165) is 0 Å². The summed E-state index contributed by atoms with van der Waals surface area (Å²) < 4.78 is 31.5. The lowest BCUT2D eigenvalue weighted by molar-refractivity contribution is -0.166. The number of carboxylic acid groups (broad SMARTS) is 2. The summed E-state index contributed by atoms with van der Waals surface area (Å²) in [5.74, 6) is -2.96. The van der Waals surface area contributed by atoms with Gasteiger partial charge in [0.2, 0.25) is 0 Å². The summed E-state index contributed by atoms with van der Waals surface area (Å²) in [5.41, 5.74) is 0. The Bertz CT molecular complexity index is 818. The number of carboxylic acids is 2. The molecule has 4 aliphatic rings. The van der Waals surface area contributed by atoms with Gasteiger partial charge in [0.05, 0.1) is 37.6 Å². The van der Waals surface area contributed by atoms with Gasteiger partial charge in [-0.15, -0.1) is 0 Å². The minimum absolute atomic E-state index is 0.00678. The summed E-state index contributed by atoms with van der Waals surface area (Å²) in [6, 6.07) is 0. The van der Waals surface area contributed by atoms with E-state index in [1.807, 2.05) is 0 Å². The van der Waals surface area contributed by atoms with Crippen LogP contribution in [0.4, 0.5) is 0 Å². The molecule has 14 nitrogen and oxygen atoms in total. The van der Waals surface area contributed by atoms with Crippen molar-refractivity contribution in [3.63, 3.8) is 0 Å². The molecular formula is C24H36O14. The second-order valence-corrected chi connectivity index (χ2v) is 9.60. The number of esters is 2. The first-order valence-corrected chi connectivity index (χ1v) is 12.8. The maximum atomic E-state index is 12.1. The lowest BCUT2D eigenvalue weighted by atomic mass is 10.2. The average molecular weight is 549 g/mol. The molecule has 38 heavy (non-hydrogen) atoms. The monoisotopic (exact) mass is 548 g/mol. The van der Waals surface area contributed by atoms with Crippen molar-refractivity contribution in [2.45, 2.75) is 100 Å². The van der Waals surface area contributed by atoms with Gasteiger partial charge in [0.25, 0.3) is 0 Å². The molecule has 14 heteroatoms. The van der Waals surface area contributed by atoms with E-state index < -0.39 is 60.5 Å². The van der Waals surface area contributed by atoms with Crippen molar-refractivity contribution in [1.82, 2.24) is 0 Å². The molecule has 0 aromatic carbocycles. The molecule has 216 valence electrons. The molecule has 4 fully saturated rings. The number of carbonyl (C=O) groups excluding carboxylic acids is 2. The quantitative estimate of drug-likeness (QED) is 0.252. The third-order valence-corrected chi connectivity index (χ3v) is 6.74. The largest absolute Gasteiger partial charge is 0.479 e. The summed E-state index contributed by atoms with van der Waals surface area (Å²) in [6.07, 6.45) is -0.129. The van der Waals surface area contributed by atoms with Crippen LogP contribution in [0.3, 0.4) is 0 Å². The molecule has 0 aliphatic carbocycles. The van der Waals surface area contributed by atoms with Crippen LogP contribution >= 0.6 is 0 Å². The predicted octanol–water partition coefficient (Wildman–Crippen LogP) is -0.597. The Morgan fingerprint density at radius 1 is 0.526 bits per heavy atom. The van der Waals surface area contributed by atoms with Crippen molar-refractivity contribution in [3.8, 4) is 0 Å². The Morgan fingerprint density at radius 3 is 1.18 bits per heavy atom. The van der Waals surface area contributed by atoms with Crippen LogP contribution in [-0.2, 0) is 47.6 Å². The summed E-state index contributed by atoms with van der Waals surface area (Å²) in [6.45, 7) is -0.183. The molecule has 4 heterocycles. The van der Waals surface area contributed by atoms with Gasteiger partial charge < -0.3 is 48.8 Å². The molecule has 0 radical (unpaired) electrons. The first-order valence-electron chi connectivity index (χ1n) is 12.8. The third-order valence-electron chi connectivity index (χ3n) is 6.74. The first-order chi connectivity index (χ1) is 18.2. The Morgan fingerprint density at radius 2 is 0.842 bits per heavy atom. The molecule has 4 aliphatic heterocycles. The van der Waals surface area contributed by atoms with Crippen molar-refractivity contribution in [3.05, 3.63) is 0 Å². The van der Waals surface area contributed by atoms with Gasteiger partial charge in [-0.1, -0.05) is 0 Å². The molecule has 8 unspecified atom stereocenters. The van der Waals surface area contributed by atoms with E-state index in [9.17, 15) is 19.2 Å². The summed E-state index contributed by atoms with van der Waals surface area (Å²) in [5, 5.41) is 34.9. The Hall–Kier alpha value is -2.36. The minimum atomic E-state index is -1.01. The van der Waals surface area contributed by atoms with Crippen LogP contribution in [0.2, 0.25) is 0 Å². The summed E-state index contributed by atoms with van der Waals surface area (Å²) in [4.78, 5) is 45.2. The van der Waals surface area contributed by atoms with Crippen LogP contribution in [0.5, 0.6) is 0 Å². The predicted molar refractivity (Wildman–Crippen MR) is 123 cm³/mol. The number of aliphatic hydroxyl groups excluding tert-OH is 2. The van der Waals surface area contributed by atoms with E-state index >= 15 is 0 Å². The summed E-state index contributed by atoms with van der Waals surface area (Å²) >= 11 is 0. The molecule has 0 saturated carbocycles. The fraction of sp³-hybridized carbons (Fsp3) is 0.833. The first kappa shape index (κ1) is 30.2. The Kier molecular flexibility index (Phi) is 11.7. The maximum absolute atomic E-state index is 12.1. The third kappa shape index (κ3) is 8.85. The number of ether oxygens (including phenoxy) is 6. The molecule has 4 N–H and O–H groups in total. The highest BCUT2D eigenvalue weighted by Crippen LogP contribution is 2.25. The fourth-order valence-electron chi connectivity index (χ4n) is 4.58. The molecule has 0 amide bonds. The van der Waals surface area contributed by atoms with Gasteiger partial charge in [0, 0.05) is 0 Å². The van der Waals surface area contributed by atoms with Gasteiger partial charge in [0.1, 0.15) is 13.2 Å². The van der Waals surface area contributed by atoms with Crippen LogP contribution in [-0.4, -0.2) is 120 Å². The minimum Gasteiger partial charge on any atom is -0.479 e. The molecule has 0 aromatic rings. The van der Waals surface area contributed by atoms with Gasteiger partial charge in [-0.25, -0.2) is 19.2 Å².